The predicted molar refractivity (Wildman–Crippen MR) is 154 cm³/mol. The lowest BCUT2D eigenvalue weighted by atomic mass is 9.96. The van der Waals surface area contributed by atoms with Crippen LogP contribution in [0.25, 0.3) is 16.7 Å². The van der Waals surface area contributed by atoms with Crippen LogP contribution >= 0.6 is 0 Å². The van der Waals surface area contributed by atoms with Crippen LogP contribution in [0.3, 0.4) is 0 Å². The number of aromatic nitrogens is 3. The summed E-state index contributed by atoms with van der Waals surface area (Å²) >= 11 is 0. The molecule has 246 valence electrons. The smallest absolute Gasteiger partial charge is 0.463 e. The highest BCUT2D eigenvalue weighted by molar-refractivity contribution is 6.14. The molecule has 0 spiro atoms. The van der Waals surface area contributed by atoms with Crippen LogP contribution < -0.4 is 16.5 Å². The third kappa shape index (κ3) is 6.23. The van der Waals surface area contributed by atoms with Gasteiger partial charge < -0.3 is 42.8 Å². The van der Waals surface area contributed by atoms with Gasteiger partial charge in [-0.25, -0.2) is 19.6 Å². The van der Waals surface area contributed by atoms with Crippen molar-refractivity contribution in [2.24, 2.45) is 11.8 Å². The second-order valence-corrected chi connectivity index (χ2v) is 11.6. The molecular weight excluding hydrogens is 610 g/mol. The molecular formula is C29H33N5O12. The average Bonchev–Trinajstić information content (AvgIpc) is 3.57. The van der Waals surface area contributed by atoms with Crippen LogP contribution in [0, 0.1) is 18.8 Å². The van der Waals surface area contributed by atoms with Crippen molar-refractivity contribution in [1.82, 2.24) is 19.9 Å². The molecule has 17 heteroatoms. The monoisotopic (exact) mass is 643 g/mol. The first kappa shape index (κ1) is 32.4. The third-order valence-electron chi connectivity index (χ3n) is 7.37. The van der Waals surface area contributed by atoms with E-state index in [4.69, 9.17) is 27.8 Å². The average molecular weight is 644 g/mol. The molecule has 1 saturated heterocycles. The number of aliphatic hydroxyl groups is 1. The molecule has 17 nitrogen and oxygen atoms in total. The van der Waals surface area contributed by atoms with Crippen LogP contribution in [0.1, 0.15) is 57.9 Å². The van der Waals surface area contributed by atoms with Gasteiger partial charge in [0, 0.05) is 17.8 Å². The third-order valence-corrected chi connectivity index (χ3v) is 7.37. The summed E-state index contributed by atoms with van der Waals surface area (Å²) in [4.78, 5) is 70.2. The van der Waals surface area contributed by atoms with Gasteiger partial charge in [0.25, 0.3) is 5.91 Å². The molecule has 2 aliphatic rings. The summed E-state index contributed by atoms with van der Waals surface area (Å²) in [6.45, 7) is 8.69. The summed E-state index contributed by atoms with van der Waals surface area (Å²) in [5.41, 5.74) is -1.49. The summed E-state index contributed by atoms with van der Waals surface area (Å²) in [6, 6.07) is 0. The predicted octanol–water partition coefficient (Wildman–Crippen LogP) is 1.92. The number of carbonyl (C=O) groups excluding carboxylic acids is 4. The van der Waals surface area contributed by atoms with Crippen molar-refractivity contribution in [2.75, 3.05) is 11.9 Å². The molecule has 5 rings (SSSR count). The fourth-order valence-electron chi connectivity index (χ4n) is 4.96. The quantitative estimate of drug-likeness (QED) is 0.224. The molecule has 0 bridgehead atoms. The number of anilines is 1. The fraction of sp³-hybridized carbons (Fsp3) is 0.483. The molecule has 3 aromatic rings. The second kappa shape index (κ2) is 12.4. The maximum absolute atomic E-state index is 12.8. The van der Waals surface area contributed by atoms with Crippen molar-refractivity contribution in [1.29, 1.82) is 0 Å². The highest BCUT2D eigenvalue weighted by Crippen LogP contribution is 2.44. The first-order valence-corrected chi connectivity index (χ1v) is 14.3. The van der Waals surface area contributed by atoms with Crippen LogP contribution in [0.4, 0.5) is 10.6 Å². The van der Waals surface area contributed by atoms with E-state index in [1.54, 1.807) is 27.7 Å². The van der Waals surface area contributed by atoms with E-state index in [1.165, 1.54) is 30.9 Å². The maximum atomic E-state index is 12.8. The number of esters is 2. The van der Waals surface area contributed by atoms with E-state index in [-0.39, 0.29) is 46.2 Å². The Bertz CT molecular complexity index is 1780. The zero-order valence-electron chi connectivity index (χ0n) is 25.8. The number of hydrogen-bond donors (Lipinski definition) is 3. The van der Waals surface area contributed by atoms with Gasteiger partial charge in [0.15, 0.2) is 30.5 Å². The Morgan fingerprint density at radius 1 is 1.11 bits per heavy atom. The maximum Gasteiger partial charge on any atom is 0.519 e. The Morgan fingerprint density at radius 3 is 2.48 bits per heavy atom. The molecule has 3 aromatic heterocycles. The molecule has 4 unspecified atom stereocenters. The SMILES string of the molecule is Cc1oc(=O)oc1COC(=O)NC1=CC(=O)Nc2ncnc3c2c1cn3C1OC(COC(=O)C(C)C)C(OC(=O)C(C)C)C1(C)O. The topological polar surface area (TPSA) is 224 Å². The highest BCUT2D eigenvalue weighted by Gasteiger charge is 2.57. The molecule has 0 saturated carbocycles. The van der Waals surface area contributed by atoms with Gasteiger partial charge in [-0.15, -0.1) is 0 Å². The number of nitrogens with zero attached hydrogens (tertiary/aromatic N) is 3. The summed E-state index contributed by atoms with van der Waals surface area (Å²) in [5, 5.41) is 17.3. The normalized spacial score (nSPS) is 22.4. The lowest BCUT2D eigenvalue weighted by Crippen LogP contribution is -2.48. The van der Waals surface area contributed by atoms with Gasteiger partial charge in [-0.1, -0.05) is 27.7 Å². The molecule has 5 heterocycles. The van der Waals surface area contributed by atoms with Crippen LogP contribution in [-0.4, -0.2) is 68.0 Å². The minimum atomic E-state index is -1.90. The van der Waals surface area contributed by atoms with E-state index < -0.39 is 72.2 Å². The Balaban J connectivity index is 1.50. The molecule has 46 heavy (non-hydrogen) atoms. The van der Waals surface area contributed by atoms with Crippen LogP contribution in [0.15, 0.2) is 32.2 Å². The summed E-state index contributed by atoms with van der Waals surface area (Å²) in [5.74, 6) is -3.42. The van der Waals surface area contributed by atoms with Crippen LogP contribution in [-0.2, 0) is 39.9 Å². The zero-order chi connectivity index (χ0) is 33.5. The minimum absolute atomic E-state index is 0.00184. The number of ether oxygens (including phenoxy) is 4. The number of hydrogen-bond acceptors (Lipinski definition) is 14. The Hall–Kier alpha value is -5.03. The van der Waals surface area contributed by atoms with Gasteiger partial charge in [-0.3, -0.25) is 19.7 Å². The molecule has 2 aliphatic heterocycles. The van der Waals surface area contributed by atoms with Crippen molar-refractivity contribution in [3.8, 4) is 0 Å². The molecule has 0 aromatic carbocycles. The van der Waals surface area contributed by atoms with Crippen molar-refractivity contribution in [2.45, 2.75) is 72.2 Å². The molecule has 3 N–H and O–H groups in total. The number of alkyl carbamates (subject to hydrolysis) is 1. The van der Waals surface area contributed by atoms with Crippen molar-refractivity contribution < 1.29 is 52.1 Å². The van der Waals surface area contributed by atoms with E-state index in [1.807, 2.05) is 0 Å². The first-order chi connectivity index (χ1) is 21.7. The van der Waals surface area contributed by atoms with Gasteiger partial charge in [0.1, 0.15) is 36.1 Å². The Labute approximate surface area is 260 Å². The minimum Gasteiger partial charge on any atom is -0.463 e. The van der Waals surface area contributed by atoms with E-state index in [0.717, 1.165) is 6.08 Å². The van der Waals surface area contributed by atoms with Crippen LogP contribution in [0.2, 0.25) is 0 Å². The summed E-state index contributed by atoms with van der Waals surface area (Å²) in [6.07, 6.45) is -0.854. The molecule has 2 amide bonds. The van der Waals surface area contributed by atoms with E-state index in [0.29, 0.717) is 0 Å². The van der Waals surface area contributed by atoms with Crippen molar-refractivity contribution in [3.63, 3.8) is 0 Å². The van der Waals surface area contributed by atoms with E-state index >= 15 is 0 Å². The summed E-state index contributed by atoms with van der Waals surface area (Å²) < 4.78 is 33.5. The Morgan fingerprint density at radius 2 is 1.83 bits per heavy atom. The van der Waals surface area contributed by atoms with Gasteiger partial charge in [-0.05, 0) is 13.8 Å². The van der Waals surface area contributed by atoms with Gasteiger partial charge in [0.2, 0.25) is 0 Å². The number of aryl methyl sites for hydroxylation is 1. The van der Waals surface area contributed by atoms with Gasteiger partial charge >= 0.3 is 23.9 Å². The molecule has 0 radical (unpaired) electrons. The molecule has 1 fully saturated rings. The van der Waals surface area contributed by atoms with Crippen molar-refractivity contribution >= 4 is 46.5 Å². The first-order valence-electron chi connectivity index (χ1n) is 14.3. The molecule has 0 aliphatic carbocycles. The van der Waals surface area contributed by atoms with Crippen molar-refractivity contribution in [3.05, 3.63) is 46.3 Å². The fourth-order valence-corrected chi connectivity index (χ4v) is 4.96. The van der Waals surface area contributed by atoms with E-state index in [2.05, 4.69) is 20.6 Å². The zero-order valence-corrected chi connectivity index (χ0v) is 25.8. The van der Waals surface area contributed by atoms with Gasteiger partial charge in [0.05, 0.1) is 22.9 Å². The largest absolute Gasteiger partial charge is 0.519 e. The number of rotatable bonds is 9. The second-order valence-electron chi connectivity index (χ2n) is 11.6. The molecule has 4 atom stereocenters. The van der Waals surface area contributed by atoms with E-state index in [9.17, 15) is 29.1 Å². The Kier molecular flexibility index (Phi) is 8.72. The van der Waals surface area contributed by atoms with Crippen LogP contribution in [0.5, 0.6) is 0 Å². The summed E-state index contributed by atoms with van der Waals surface area (Å²) in [7, 11) is 0. The highest BCUT2D eigenvalue weighted by atomic mass is 16.6. The lowest BCUT2D eigenvalue weighted by Gasteiger charge is -2.30. The number of nitrogens with one attached hydrogen (secondary N) is 2. The standard InChI is InChI=1S/C29H33N5O12/c1-12(2)24(36)41-10-18-21(46-25(37)13(3)4)29(6,40)26(44-18)34-8-15-16(7-19(35)33-22-20(15)23(34)31-11-30-22)32-27(38)42-9-17-14(5)43-28(39)45-17/h7-8,11-13,18,21,26,40H,9-10H2,1-6H3,(H,32,38)(H,30,31,33,35). The number of carbonyl (C=O) groups is 4. The lowest BCUT2D eigenvalue weighted by molar-refractivity contribution is -0.169. The number of amides is 2. The van der Waals surface area contributed by atoms with Gasteiger partial charge in [-0.2, -0.15) is 0 Å².